The number of benzene rings is 3. The highest BCUT2D eigenvalue weighted by Crippen LogP contribution is 2.32. The topological polar surface area (TPSA) is 80.6 Å². The number of hydrogen-bond acceptors (Lipinski definition) is 5. The molecule has 168 valence electrons. The molecule has 0 aliphatic heterocycles. The van der Waals surface area contributed by atoms with E-state index in [1.165, 1.54) is 0 Å². The molecular weight excluding hydrogens is 484 g/mol. The summed E-state index contributed by atoms with van der Waals surface area (Å²) in [5.74, 6) is 1.41. The quantitative estimate of drug-likeness (QED) is 0.305. The molecule has 0 spiro atoms. The second-order valence-corrected chi connectivity index (χ2v) is 7.99. The molecule has 1 N–H and O–H groups in total. The summed E-state index contributed by atoms with van der Waals surface area (Å²) in [6, 6.07) is 20.5. The standard InChI is InChI=1S/C26H23BrN2O4/c1-17-5-4-6-21(11-17)29-26(30)16-33-23-9-7-18(13-22(23)27)12-20(15-28)19-8-10-24(31-2)25(14-19)32-3/h4-14H,16H2,1-3H3,(H,29,30)/b20-12+. The van der Waals surface area contributed by atoms with Gasteiger partial charge in [-0.2, -0.15) is 5.26 Å². The molecule has 0 aromatic heterocycles. The van der Waals surface area contributed by atoms with Crippen molar-refractivity contribution >= 4 is 39.2 Å². The first-order valence-corrected chi connectivity index (χ1v) is 10.9. The van der Waals surface area contributed by atoms with Gasteiger partial charge in [0.2, 0.25) is 0 Å². The largest absolute Gasteiger partial charge is 0.493 e. The predicted molar refractivity (Wildman–Crippen MR) is 132 cm³/mol. The van der Waals surface area contributed by atoms with Crippen LogP contribution in [0.1, 0.15) is 16.7 Å². The summed E-state index contributed by atoms with van der Waals surface area (Å²) < 4.78 is 16.9. The van der Waals surface area contributed by atoms with Crippen LogP contribution in [-0.4, -0.2) is 26.7 Å². The van der Waals surface area contributed by atoms with Gasteiger partial charge in [-0.1, -0.05) is 18.2 Å². The lowest BCUT2D eigenvalue weighted by Gasteiger charge is -2.11. The van der Waals surface area contributed by atoms with Gasteiger partial charge in [0, 0.05) is 5.69 Å². The van der Waals surface area contributed by atoms with E-state index in [1.54, 1.807) is 44.6 Å². The monoisotopic (exact) mass is 506 g/mol. The molecule has 0 atom stereocenters. The molecule has 3 aromatic rings. The van der Waals surface area contributed by atoms with E-state index < -0.39 is 0 Å². The number of methoxy groups -OCH3 is 2. The van der Waals surface area contributed by atoms with Gasteiger partial charge >= 0.3 is 0 Å². The third-order valence-corrected chi connectivity index (χ3v) is 5.36. The van der Waals surface area contributed by atoms with Crippen molar-refractivity contribution in [1.29, 1.82) is 5.26 Å². The van der Waals surface area contributed by atoms with E-state index in [1.807, 2.05) is 43.3 Å². The smallest absolute Gasteiger partial charge is 0.262 e. The summed E-state index contributed by atoms with van der Waals surface area (Å²) >= 11 is 3.48. The van der Waals surface area contributed by atoms with Crippen molar-refractivity contribution < 1.29 is 19.0 Å². The minimum Gasteiger partial charge on any atom is -0.493 e. The zero-order chi connectivity index (χ0) is 23.8. The first kappa shape index (κ1) is 23.9. The van der Waals surface area contributed by atoms with Crippen LogP contribution >= 0.6 is 15.9 Å². The number of ether oxygens (including phenoxy) is 3. The molecule has 0 radical (unpaired) electrons. The minimum atomic E-state index is -0.253. The zero-order valence-corrected chi connectivity index (χ0v) is 20.1. The van der Waals surface area contributed by atoms with Crippen molar-refractivity contribution in [3.05, 3.63) is 81.8 Å². The lowest BCUT2D eigenvalue weighted by Crippen LogP contribution is -2.20. The maximum atomic E-state index is 12.2. The molecule has 0 heterocycles. The zero-order valence-electron chi connectivity index (χ0n) is 18.5. The SMILES string of the molecule is COc1ccc(/C(C#N)=C/c2ccc(OCC(=O)Nc3cccc(C)c3)c(Br)c2)cc1OC. The summed E-state index contributed by atoms with van der Waals surface area (Å²) in [5, 5.41) is 12.5. The van der Waals surface area contributed by atoms with Gasteiger partial charge < -0.3 is 19.5 Å². The van der Waals surface area contributed by atoms with Gasteiger partial charge in [-0.25, -0.2) is 0 Å². The average molecular weight is 507 g/mol. The van der Waals surface area contributed by atoms with Crippen LogP contribution in [0.5, 0.6) is 17.2 Å². The Labute approximate surface area is 201 Å². The van der Waals surface area contributed by atoms with Crippen LogP contribution in [0, 0.1) is 18.3 Å². The molecule has 33 heavy (non-hydrogen) atoms. The van der Waals surface area contributed by atoms with Crippen LogP contribution in [0.2, 0.25) is 0 Å². The molecule has 0 fully saturated rings. The molecular formula is C26H23BrN2O4. The van der Waals surface area contributed by atoms with Gasteiger partial charge in [-0.05, 0) is 88.1 Å². The van der Waals surface area contributed by atoms with Gasteiger partial charge in [0.25, 0.3) is 5.91 Å². The Morgan fingerprint density at radius 2 is 1.79 bits per heavy atom. The lowest BCUT2D eigenvalue weighted by molar-refractivity contribution is -0.118. The Morgan fingerprint density at radius 1 is 1.03 bits per heavy atom. The van der Waals surface area contributed by atoms with E-state index in [0.717, 1.165) is 16.8 Å². The number of allylic oxidation sites excluding steroid dienone is 1. The number of aryl methyl sites for hydroxylation is 1. The van der Waals surface area contributed by atoms with Gasteiger partial charge in [0.05, 0.1) is 30.3 Å². The number of anilines is 1. The van der Waals surface area contributed by atoms with Gasteiger partial charge in [-0.3, -0.25) is 4.79 Å². The number of carbonyl (C=O) groups excluding carboxylic acids is 1. The third-order valence-electron chi connectivity index (χ3n) is 4.74. The fourth-order valence-corrected chi connectivity index (χ4v) is 3.65. The third kappa shape index (κ3) is 6.37. The fraction of sp³-hybridized carbons (Fsp3) is 0.154. The van der Waals surface area contributed by atoms with E-state index in [0.29, 0.717) is 32.9 Å². The van der Waals surface area contributed by atoms with Crippen LogP contribution in [-0.2, 0) is 4.79 Å². The van der Waals surface area contributed by atoms with Crippen molar-refractivity contribution in [2.45, 2.75) is 6.92 Å². The Balaban J connectivity index is 1.71. The summed E-state index contributed by atoms with van der Waals surface area (Å²) in [7, 11) is 3.11. The summed E-state index contributed by atoms with van der Waals surface area (Å²) in [6.45, 7) is 1.83. The number of rotatable bonds is 8. The van der Waals surface area contributed by atoms with Crippen molar-refractivity contribution in [1.82, 2.24) is 0 Å². The molecule has 0 saturated carbocycles. The van der Waals surface area contributed by atoms with Crippen molar-refractivity contribution in [3.63, 3.8) is 0 Å². The van der Waals surface area contributed by atoms with Crippen LogP contribution in [0.4, 0.5) is 5.69 Å². The van der Waals surface area contributed by atoms with Crippen LogP contribution in [0.3, 0.4) is 0 Å². The number of hydrogen-bond donors (Lipinski definition) is 1. The molecule has 0 unspecified atom stereocenters. The van der Waals surface area contributed by atoms with Gasteiger partial charge in [0.1, 0.15) is 5.75 Å². The van der Waals surface area contributed by atoms with Crippen molar-refractivity contribution in [3.8, 4) is 23.3 Å². The molecule has 0 bridgehead atoms. The Bertz CT molecular complexity index is 1230. The Kier molecular flexibility index (Phi) is 8.11. The van der Waals surface area contributed by atoms with E-state index in [2.05, 4.69) is 27.3 Å². The number of halogens is 1. The molecule has 0 aliphatic rings. The molecule has 1 amide bonds. The van der Waals surface area contributed by atoms with E-state index in [-0.39, 0.29) is 12.5 Å². The molecule has 3 aromatic carbocycles. The van der Waals surface area contributed by atoms with E-state index in [4.69, 9.17) is 14.2 Å². The number of nitrogens with one attached hydrogen (secondary N) is 1. The van der Waals surface area contributed by atoms with E-state index in [9.17, 15) is 10.1 Å². The average Bonchev–Trinajstić information content (AvgIpc) is 2.81. The van der Waals surface area contributed by atoms with Crippen molar-refractivity contribution in [2.75, 3.05) is 26.1 Å². The summed E-state index contributed by atoms with van der Waals surface area (Å²) in [4.78, 5) is 12.2. The summed E-state index contributed by atoms with van der Waals surface area (Å²) in [6.07, 6.45) is 1.76. The molecule has 7 heteroatoms. The first-order valence-electron chi connectivity index (χ1n) is 10.1. The highest BCUT2D eigenvalue weighted by Gasteiger charge is 2.10. The highest BCUT2D eigenvalue weighted by atomic mass is 79.9. The second kappa shape index (κ2) is 11.2. The fourth-order valence-electron chi connectivity index (χ4n) is 3.14. The maximum Gasteiger partial charge on any atom is 0.262 e. The lowest BCUT2D eigenvalue weighted by atomic mass is 10.0. The molecule has 0 aliphatic carbocycles. The Morgan fingerprint density at radius 3 is 2.45 bits per heavy atom. The first-order chi connectivity index (χ1) is 15.9. The van der Waals surface area contributed by atoms with Gasteiger partial charge in [0.15, 0.2) is 18.1 Å². The van der Waals surface area contributed by atoms with Crippen LogP contribution in [0.15, 0.2) is 65.1 Å². The number of nitrogens with zero attached hydrogens (tertiary/aromatic N) is 1. The number of amides is 1. The molecule has 6 nitrogen and oxygen atoms in total. The minimum absolute atomic E-state index is 0.128. The normalized spacial score (nSPS) is 10.8. The number of nitriles is 1. The van der Waals surface area contributed by atoms with Crippen molar-refractivity contribution in [2.24, 2.45) is 0 Å². The molecule has 0 saturated heterocycles. The molecule has 3 rings (SSSR count). The maximum absolute atomic E-state index is 12.2. The van der Waals surface area contributed by atoms with Crippen LogP contribution in [0.25, 0.3) is 11.6 Å². The predicted octanol–water partition coefficient (Wildman–Crippen LogP) is 5.86. The Hall–Kier alpha value is -3.76. The summed E-state index contributed by atoms with van der Waals surface area (Å²) in [5.41, 5.74) is 3.76. The van der Waals surface area contributed by atoms with Gasteiger partial charge in [-0.15, -0.1) is 0 Å². The number of carbonyl (C=O) groups is 1. The second-order valence-electron chi connectivity index (χ2n) is 7.14. The highest BCUT2D eigenvalue weighted by molar-refractivity contribution is 9.10. The van der Waals surface area contributed by atoms with Crippen LogP contribution < -0.4 is 19.5 Å². The van der Waals surface area contributed by atoms with E-state index >= 15 is 0 Å².